The third kappa shape index (κ3) is 3.96. The van der Waals surface area contributed by atoms with E-state index >= 15 is 0 Å². The number of hydrogen-bond acceptors (Lipinski definition) is 3. The molecule has 6 heteroatoms. The minimum atomic E-state index is -0.0835. The molecule has 2 aromatic heterocycles. The van der Waals surface area contributed by atoms with Gasteiger partial charge in [-0.05, 0) is 26.3 Å². The zero-order chi connectivity index (χ0) is 18.0. The minimum Gasteiger partial charge on any atom is -0.309 e. The summed E-state index contributed by atoms with van der Waals surface area (Å²) >= 11 is 0. The van der Waals surface area contributed by atoms with E-state index in [1.54, 1.807) is 4.68 Å². The highest BCUT2D eigenvalue weighted by Crippen LogP contribution is 2.14. The normalized spacial score (nSPS) is 10.9. The summed E-state index contributed by atoms with van der Waals surface area (Å²) in [6, 6.07) is 10.2. The second-order valence-electron chi connectivity index (χ2n) is 6.38. The highest BCUT2D eigenvalue weighted by atomic mass is 16.1. The molecule has 0 radical (unpaired) electrons. The quantitative estimate of drug-likeness (QED) is 0.778. The topological polar surface area (TPSA) is 64.7 Å². The molecule has 0 aliphatic rings. The Hall–Kier alpha value is -2.89. The number of aryl methyl sites for hydroxylation is 3. The summed E-state index contributed by atoms with van der Waals surface area (Å²) in [5, 5.41) is 11.6. The largest absolute Gasteiger partial charge is 0.309 e. The van der Waals surface area contributed by atoms with Gasteiger partial charge in [0.1, 0.15) is 0 Å². The van der Waals surface area contributed by atoms with Crippen LogP contribution in [0.1, 0.15) is 28.1 Å². The van der Waals surface area contributed by atoms with Gasteiger partial charge in [-0.15, -0.1) is 0 Å². The number of nitrogens with one attached hydrogen (secondary N) is 1. The van der Waals surface area contributed by atoms with Gasteiger partial charge in [0.2, 0.25) is 5.91 Å². The fraction of sp³-hybridized carbons (Fsp3) is 0.316. The molecular formula is C19H23N5O. The molecule has 0 fully saturated rings. The molecule has 0 atom stereocenters. The van der Waals surface area contributed by atoms with Crippen molar-refractivity contribution in [1.29, 1.82) is 0 Å². The summed E-state index contributed by atoms with van der Waals surface area (Å²) < 4.78 is 3.62. The van der Waals surface area contributed by atoms with Crippen molar-refractivity contribution in [3.8, 4) is 0 Å². The van der Waals surface area contributed by atoms with Crippen molar-refractivity contribution in [3.63, 3.8) is 0 Å². The Morgan fingerprint density at radius 2 is 1.80 bits per heavy atom. The number of carbonyl (C=O) groups excluding carboxylic acids is 1. The molecule has 0 aliphatic carbocycles. The lowest BCUT2D eigenvalue weighted by Gasteiger charge is -2.04. The molecule has 0 spiro atoms. The molecule has 3 rings (SSSR count). The summed E-state index contributed by atoms with van der Waals surface area (Å²) in [6.07, 6.45) is 2.17. The lowest BCUT2D eigenvalue weighted by molar-refractivity contribution is -0.115. The van der Waals surface area contributed by atoms with E-state index in [1.807, 2.05) is 37.8 Å². The fourth-order valence-electron chi connectivity index (χ4n) is 2.82. The van der Waals surface area contributed by atoms with Gasteiger partial charge in [0.05, 0.1) is 18.7 Å². The Balaban J connectivity index is 1.62. The van der Waals surface area contributed by atoms with Gasteiger partial charge in [0.15, 0.2) is 5.82 Å². The first-order valence-electron chi connectivity index (χ1n) is 8.30. The molecule has 130 valence electrons. The Bertz CT molecular complexity index is 889. The first-order chi connectivity index (χ1) is 11.9. The van der Waals surface area contributed by atoms with Crippen molar-refractivity contribution in [2.45, 2.75) is 33.7 Å². The predicted octanol–water partition coefficient (Wildman–Crippen LogP) is 2.77. The van der Waals surface area contributed by atoms with Crippen LogP contribution in [0.25, 0.3) is 0 Å². The van der Waals surface area contributed by atoms with E-state index in [-0.39, 0.29) is 5.91 Å². The molecule has 1 amide bonds. The average Bonchev–Trinajstić information content (AvgIpc) is 3.09. The number of amides is 1. The second kappa shape index (κ2) is 6.93. The molecule has 0 saturated carbocycles. The third-order valence-electron chi connectivity index (χ3n) is 4.37. The van der Waals surface area contributed by atoms with Crippen LogP contribution in [0, 0.1) is 20.8 Å². The lowest BCUT2D eigenvalue weighted by atomic mass is 10.1. The molecule has 25 heavy (non-hydrogen) atoms. The van der Waals surface area contributed by atoms with Gasteiger partial charge in [-0.1, -0.05) is 29.8 Å². The van der Waals surface area contributed by atoms with E-state index < -0.39 is 0 Å². The zero-order valence-electron chi connectivity index (χ0n) is 15.1. The third-order valence-corrected chi connectivity index (χ3v) is 4.37. The van der Waals surface area contributed by atoms with Crippen molar-refractivity contribution in [3.05, 3.63) is 64.6 Å². The number of benzene rings is 1. The number of carbonyl (C=O) groups is 1. The molecule has 2 heterocycles. The molecule has 3 aromatic rings. The van der Waals surface area contributed by atoms with Gasteiger partial charge in [-0.3, -0.25) is 14.2 Å². The van der Waals surface area contributed by atoms with E-state index in [4.69, 9.17) is 0 Å². The Morgan fingerprint density at radius 3 is 2.44 bits per heavy atom. The Morgan fingerprint density at radius 1 is 1.08 bits per heavy atom. The van der Waals surface area contributed by atoms with Crippen LogP contribution in [0.5, 0.6) is 0 Å². The molecule has 1 aromatic carbocycles. The van der Waals surface area contributed by atoms with Crippen LogP contribution < -0.4 is 5.32 Å². The van der Waals surface area contributed by atoms with Gasteiger partial charge in [-0.2, -0.15) is 10.2 Å². The number of aromatic nitrogens is 4. The molecule has 0 unspecified atom stereocenters. The van der Waals surface area contributed by atoms with Crippen LogP contribution in [0.2, 0.25) is 0 Å². The molecule has 0 bridgehead atoms. The van der Waals surface area contributed by atoms with Gasteiger partial charge in [0.25, 0.3) is 0 Å². The summed E-state index contributed by atoms with van der Waals surface area (Å²) in [6.45, 7) is 6.64. The highest BCUT2D eigenvalue weighted by molar-refractivity contribution is 5.91. The van der Waals surface area contributed by atoms with E-state index in [0.717, 1.165) is 17.0 Å². The smallest absolute Gasteiger partial charge is 0.230 e. The first kappa shape index (κ1) is 17.0. The van der Waals surface area contributed by atoms with Gasteiger partial charge in [-0.25, -0.2) is 0 Å². The zero-order valence-corrected chi connectivity index (χ0v) is 15.1. The molecule has 0 aliphatic heterocycles. The van der Waals surface area contributed by atoms with E-state index in [1.165, 1.54) is 11.1 Å². The first-order valence-corrected chi connectivity index (χ1v) is 8.30. The van der Waals surface area contributed by atoms with E-state index in [9.17, 15) is 4.79 Å². The van der Waals surface area contributed by atoms with Crippen molar-refractivity contribution in [2.75, 3.05) is 5.32 Å². The lowest BCUT2D eigenvalue weighted by Crippen LogP contribution is -2.16. The maximum Gasteiger partial charge on any atom is 0.230 e. The van der Waals surface area contributed by atoms with Crippen molar-refractivity contribution in [1.82, 2.24) is 19.6 Å². The SMILES string of the molecule is Cc1ccc(Cn2ccc(NC(=O)Cc3c(C)nn(C)c3C)n2)cc1. The minimum absolute atomic E-state index is 0.0835. The average molecular weight is 337 g/mol. The van der Waals surface area contributed by atoms with E-state index in [2.05, 4.69) is 46.7 Å². The standard InChI is InChI=1S/C19H23N5O/c1-13-5-7-16(8-6-13)12-24-10-9-18(22-24)20-19(25)11-17-14(2)21-23(4)15(17)3/h5-10H,11-12H2,1-4H3,(H,20,22,25). The Kier molecular flexibility index (Phi) is 4.70. The summed E-state index contributed by atoms with van der Waals surface area (Å²) in [5.74, 6) is 0.482. The Labute approximate surface area is 147 Å². The summed E-state index contributed by atoms with van der Waals surface area (Å²) in [5.41, 5.74) is 5.28. The second-order valence-corrected chi connectivity index (χ2v) is 6.38. The molecule has 1 N–H and O–H groups in total. The maximum absolute atomic E-state index is 12.3. The predicted molar refractivity (Wildman–Crippen MR) is 97.5 cm³/mol. The van der Waals surface area contributed by atoms with Crippen molar-refractivity contribution >= 4 is 11.7 Å². The van der Waals surface area contributed by atoms with Crippen LogP contribution in [-0.2, 0) is 24.8 Å². The van der Waals surface area contributed by atoms with Crippen LogP contribution in [0.3, 0.4) is 0 Å². The van der Waals surface area contributed by atoms with Gasteiger partial charge >= 0.3 is 0 Å². The maximum atomic E-state index is 12.3. The number of nitrogens with zero attached hydrogens (tertiary/aromatic N) is 4. The molecule has 0 saturated heterocycles. The van der Waals surface area contributed by atoms with Crippen LogP contribution >= 0.6 is 0 Å². The highest BCUT2D eigenvalue weighted by Gasteiger charge is 2.14. The monoisotopic (exact) mass is 337 g/mol. The van der Waals surface area contributed by atoms with Gasteiger partial charge < -0.3 is 5.32 Å². The van der Waals surface area contributed by atoms with Crippen LogP contribution in [-0.4, -0.2) is 25.5 Å². The summed E-state index contributed by atoms with van der Waals surface area (Å²) in [4.78, 5) is 12.3. The summed E-state index contributed by atoms with van der Waals surface area (Å²) in [7, 11) is 1.89. The van der Waals surface area contributed by atoms with Crippen LogP contribution in [0.4, 0.5) is 5.82 Å². The molecule has 6 nitrogen and oxygen atoms in total. The number of rotatable bonds is 5. The number of hydrogen-bond donors (Lipinski definition) is 1. The van der Waals surface area contributed by atoms with Gasteiger partial charge in [0, 0.05) is 30.6 Å². The van der Waals surface area contributed by atoms with E-state index in [0.29, 0.717) is 18.8 Å². The molecular weight excluding hydrogens is 314 g/mol. The van der Waals surface area contributed by atoms with Crippen molar-refractivity contribution in [2.24, 2.45) is 7.05 Å². The van der Waals surface area contributed by atoms with Crippen LogP contribution in [0.15, 0.2) is 36.5 Å². The van der Waals surface area contributed by atoms with Crippen molar-refractivity contribution < 1.29 is 4.79 Å². The fourth-order valence-corrected chi connectivity index (χ4v) is 2.82. The number of anilines is 1.